The number of hydrogen-bond donors (Lipinski definition) is 12. The zero-order chi connectivity index (χ0) is 80.5. The fourth-order valence-corrected chi connectivity index (χ4v) is 14.1. The molecular weight excluding hydrogens is 1520 g/mol. The summed E-state index contributed by atoms with van der Waals surface area (Å²) in [5, 5.41) is 103. The smallest absolute Gasteiger partial charge is 0.278 e. The van der Waals surface area contributed by atoms with Gasteiger partial charge in [-0.25, -0.2) is 50.6 Å². The summed E-state index contributed by atoms with van der Waals surface area (Å²) >= 11 is 4.90. The molecule has 12 N–H and O–H groups in total. The van der Waals surface area contributed by atoms with Crippen molar-refractivity contribution in [1.29, 1.82) is 21.0 Å². The first-order valence-electron chi connectivity index (χ1n) is 35.8. The maximum Gasteiger partial charge on any atom is 0.278 e. The van der Waals surface area contributed by atoms with Crippen molar-refractivity contribution in [3.8, 4) is 24.3 Å². The van der Waals surface area contributed by atoms with Crippen LogP contribution in [0.5, 0.6) is 0 Å². The first kappa shape index (κ1) is 84.6. The van der Waals surface area contributed by atoms with Crippen molar-refractivity contribution in [3.63, 3.8) is 0 Å². The van der Waals surface area contributed by atoms with Gasteiger partial charge in [-0.15, -0.1) is 4.65 Å². The molecule has 8 aromatic rings. The minimum Gasteiger partial charge on any atom is -0.371 e. The number of aromatic nitrogens is 12. The van der Waals surface area contributed by atoms with Crippen LogP contribution < -0.4 is 71.3 Å². The third-order valence-corrected chi connectivity index (χ3v) is 20.2. The summed E-state index contributed by atoms with van der Waals surface area (Å²) in [4.78, 5) is 104. The van der Waals surface area contributed by atoms with E-state index in [1.54, 1.807) is 24.3 Å². The quantitative estimate of drug-likeness (QED) is 0.0235. The maximum atomic E-state index is 12.0. The van der Waals surface area contributed by atoms with E-state index in [1.165, 1.54) is 95.4 Å². The molecule has 0 atom stereocenters. The third-order valence-electron chi connectivity index (χ3n) is 17.0. The number of thiazole rings is 4. The topological polar surface area (TPSA) is 497 Å². The molecule has 0 aliphatic carbocycles. The molecule has 8 aromatic heterocycles. The summed E-state index contributed by atoms with van der Waals surface area (Å²) in [5.74, 6) is 4.42. The molecule has 4 amide bonds. The van der Waals surface area contributed by atoms with E-state index in [9.17, 15) is 40.0 Å². The number of carbonyl (C=O) groups excluding carboxylic acids is 4. The molecule has 4 aliphatic heterocycles. The van der Waals surface area contributed by atoms with Crippen molar-refractivity contribution in [2.45, 2.75) is 79.6 Å². The van der Waals surface area contributed by atoms with Gasteiger partial charge in [0.05, 0.1) is 102 Å². The lowest BCUT2D eigenvalue weighted by Crippen LogP contribution is -2.61. The van der Waals surface area contributed by atoms with Crippen molar-refractivity contribution < 1.29 is 54.1 Å². The molecule has 0 saturated carbocycles. The Morgan fingerprint density at radius 3 is 1.27 bits per heavy atom. The van der Waals surface area contributed by atoms with Gasteiger partial charge in [0.2, 0.25) is 34.5 Å². The zero-order valence-corrected chi connectivity index (χ0v) is 66.4. The van der Waals surface area contributed by atoms with Gasteiger partial charge in [0.25, 0.3) is 36.0 Å². The van der Waals surface area contributed by atoms with Crippen LogP contribution in [0.3, 0.4) is 0 Å². The average molecular weight is 1610 g/mol. The van der Waals surface area contributed by atoms with Crippen LogP contribution in [-0.4, -0.2) is 269 Å². The molecule has 4 saturated heterocycles. The predicted molar refractivity (Wildman–Crippen MR) is 417 cm³/mol. The molecule has 4 fully saturated rings. The van der Waals surface area contributed by atoms with Gasteiger partial charge < -0.3 is 57.4 Å². The van der Waals surface area contributed by atoms with E-state index in [2.05, 4.69) is 107 Å². The highest BCUT2D eigenvalue weighted by Crippen LogP contribution is 2.29. The fraction of sp³-hybridized carbons (Fsp3) is 0.471. The highest BCUT2D eigenvalue weighted by atomic mass is 32.1. The SMILES string of the molecule is CC(C)NC(=O)CN1CCN(c2cc(Nc3ncc(C#N)s3)[n+](O)cn2)CC1.CC(C)NC(=O)CN1CCN(c2cc(Nc3ncc(C#N)s3)nc[n+]2O)CC1.CC(C)NC(=O)CN1CC[N+](O)(c2cc(Nc3ncc(C#N)s3)ncn2)CC1.CC(C)NC(=O)C[N+]1(O)CCN(c2cc(Nc3ncc(C#N)s3)ncn2)CC1. The van der Waals surface area contributed by atoms with Crippen LogP contribution in [0.15, 0.2) is 74.4 Å². The van der Waals surface area contributed by atoms with Gasteiger partial charge in [-0.1, -0.05) is 64.8 Å². The van der Waals surface area contributed by atoms with Crippen molar-refractivity contribution >= 4 is 136 Å². The van der Waals surface area contributed by atoms with Crippen LogP contribution in [0, 0.1) is 45.3 Å². The Hall–Kier alpha value is -11.4. The van der Waals surface area contributed by atoms with E-state index in [4.69, 9.17) is 21.0 Å². The molecule has 44 heteroatoms. The van der Waals surface area contributed by atoms with E-state index >= 15 is 0 Å². The molecule has 12 heterocycles. The van der Waals surface area contributed by atoms with E-state index in [0.29, 0.717) is 173 Å². The summed E-state index contributed by atoms with van der Waals surface area (Å²) in [6.45, 7) is 26.3. The second-order valence-corrected chi connectivity index (χ2v) is 31.4. The van der Waals surface area contributed by atoms with Crippen LogP contribution in [0.2, 0.25) is 0 Å². The molecule has 0 aromatic carbocycles. The second-order valence-electron chi connectivity index (χ2n) is 27.3. The van der Waals surface area contributed by atoms with Crippen LogP contribution in [0.25, 0.3) is 0 Å². The molecule has 0 radical (unpaired) electrons. The lowest BCUT2D eigenvalue weighted by atomic mass is 10.3. The summed E-state index contributed by atoms with van der Waals surface area (Å²) in [5.41, 5.74) is 0. The number of hydrogen-bond acceptors (Lipinski definition) is 36. The normalized spacial score (nSPS) is 15.5. The first-order chi connectivity index (χ1) is 53.6. The number of nitrogens with one attached hydrogen (secondary N) is 8. The van der Waals surface area contributed by atoms with Crippen molar-refractivity contribution in [1.82, 2.24) is 90.5 Å². The Kier molecular flexibility index (Phi) is 30.6. The molecule has 0 spiro atoms. The van der Waals surface area contributed by atoms with Gasteiger partial charge in [-0.2, -0.15) is 30.7 Å². The Morgan fingerprint density at radius 2 is 0.821 bits per heavy atom. The number of piperazine rings is 4. The van der Waals surface area contributed by atoms with Crippen molar-refractivity contribution in [3.05, 3.63) is 93.9 Å². The van der Waals surface area contributed by atoms with Gasteiger partial charge in [-0.05, 0) is 55.4 Å². The highest BCUT2D eigenvalue weighted by molar-refractivity contribution is 7.17. The third kappa shape index (κ3) is 26.1. The van der Waals surface area contributed by atoms with E-state index in [0.717, 1.165) is 47.3 Å². The molecule has 4 aliphatic rings. The Bertz CT molecular complexity index is 4630. The predicted octanol–water partition coefficient (Wildman–Crippen LogP) is 2.83. The van der Waals surface area contributed by atoms with Crippen LogP contribution in [-0.2, 0) is 19.2 Å². The van der Waals surface area contributed by atoms with Crippen molar-refractivity contribution in [2.75, 3.05) is 167 Å². The van der Waals surface area contributed by atoms with E-state index in [-0.39, 0.29) is 63.6 Å². The van der Waals surface area contributed by atoms with Gasteiger partial charge in [-0.3, -0.25) is 38.8 Å². The number of quaternary nitrogens is 2. The molecule has 112 heavy (non-hydrogen) atoms. The van der Waals surface area contributed by atoms with E-state index < -0.39 is 0 Å². The average Bonchev–Trinajstić information content (AvgIpc) is 1.50. The molecule has 0 unspecified atom stereocenters. The number of hydroxylamine groups is 5. The van der Waals surface area contributed by atoms with Crippen LogP contribution in [0.4, 0.5) is 67.1 Å². The standard InChI is InChI=1S/4C17H22N8O2S/c1-12(2)21-15(26)10-23-3-5-24(6-4-23)16-7-14(20-11-25(16)27)22-17-19-9-13(8-18)28-17;1-12(2)21-16(26)10-23-3-5-24(6-4-23)14-7-15(25(27)11-20-14)22-17-19-9-13(8-18)28-17;1-12(2)22-16(26)10-25(27)5-3-24(4-6-25)15-7-14(20-11-21-15)23-17-19-9-13(8-18)28-17;1-12(2)22-16(26)10-24-3-5-25(27,6-4-24)15-7-14(20-11-21-15)23-17-19-9-13(8-18)28-17/h2*7,9,11-12,27H,3-6,10H2,1-2H3,(H,21,26);2*7,9,11-12,27H,3-6,10H2,1-2H3,(H-,19,20,21,22,23,26)/p+4. The molecule has 40 nitrogen and oxygen atoms in total. The lowest BCUT2D eigenvalue weighted by Gasteiger charge is -2.38. The number of rotatable bonds is 24. The molecule has 0 bridgehead atoms. The molecule has 12 rings (SSSR count). The van der Waals surface area contributed by atoms with Gasteiger partial charge in [0.1, 0.15) is 100 Å². The number of nitrogens with zero attached hydrogens (tertiary/aromatic N) is 24. The number of carbonyl (C=O) groups is 4. The van der Waals surface area contributed by atoms with Crippen LogP contribution >= 0.6 is 45.3 Å². The number of amides is 4. The zero-order valence-electron chi connectivity index (χ0n) is 63.2. The van der Waals surface area contributed by atoms with E-state index in [1.807, 2.05) is 94.4 Å². The largest absolute Gasteiger partial charge is 0.371 e. The van der Waals surface area contributed by atoms with Crippen molar-refractivity contribution in [2.24, 2.45) is 0 Å². The maximum absolute atomic E-state index is 12.0. The Labute approximate surface area is 662 Å². The first-order valence-corrected chi connectivity index (χ1v) is 39.1. The fourth-order valence-electron chi connectivity index (χ4n) is 11.6. The summed E-state index contributed by atoms with van der Waals surface area (Å²) in [6.07, 6.45) is 11.5. The summed E-state index contributed by atoms with van der Waals surface area (Å²) < 4.78 is 1.26. The minimum absolute atomic E-state index is 0.0124. The van der Waals surface area contributed by atoms with Gasteiger partial charge in [0.15, 0.2) is 21.9 Å². The monoisotopic (exact) mass is 1610 g/mol. The van der Waals surface area contributed by atoms with Gasteiger partial charge in [0, 0.05) is 69.5 Å². The minimum atomic E-state index is -0.319. The second kappa shape index (κ2) is 40.5. The highest BCUT2D eigenvalue weighted by Gasteiger charge is 2.38. The number of nitriles is 4. The van der Waals surface area contributed by atoms with Gasteiger partial charge >= 0.3 is 0 Å². The molecule has 592 valence electrons. The summed E-state index contributed by atoms with van der Waals surface area (Å²) in [7, 11) is 0. The number of anilines is 11. The lowest BCUT2D eigenvalue weighted by molar-refractivity contribution is -1.10. The summed E-state index contributed by atoms with van der Waals surface area (Å²) in [6, 6.07) is 15.5. The Morgan fingerprint density at radius 1 is 0.438 bits per heavy atom. The molecular formula is C68H92N32O8S4+4. The van der Waals surface area contributed by atoms with Crippen LogP contribution in [0.1, 0.15) is 74.9 Å². The Balaban J connectivity index is 0.000000171.